The van der Waals surface area contributed by atoms with E-state index in [1.54, 1.807) is 0 Å². The van der Waals surface area contributed by atoms with Gasteiger partial charge in [0.15, 0.2) is 0 Å². The first kappa shape index (κ1) is 17.9. The van der Waals surface area contributed by atoms with E-state index in [0.29, 0.717) is 0 Å². The molecule has 1 fully saturated rings. The van der Waals surface area contributed by atoms with Gasteiger partial charge >= 0.3 is 0 Å². The molecule has 2 heterocycles. The molecule has 1 aromatic rings. The van der Waals surface area contributed by atoms with Crippen molar-refractivity contribution >= 4 is 11.9 Å². The van der Waals surface area contributed by atoms with Crippen LogP contribution in [0, 0.1) is 19.8 Å². The highest BCUT2D eigenvalue weighted by Gasteiger charge is 2.26. The number of nitrogens with one attached hydrogen (secondary N) is 1. The lowest BCUT2D eigenvalue weighted by atomic mass is 9.95. The third-order valence-corrected chi connectivity index (χ3v) is 5.25. The van der Waals surface area contributed by atoms with Crippen LogP contribution in [0.1, 0.15) is 56.3 Å². The molecule has 1 N–H and O–H groups in total. The molecule has 1 aliphatic heterocycles. The van der Waals surface area contributed by atoms with E-state index in [2.05, 4.69) is 26.3 Å². The van der Waals surface area contributed by atoms with Gasteiger partial charge in [0, 0.05) is 36.9 Å². The number of piperidine rings is 1. The van der Waals surface area contributed by atoms with Gasteiger partial charge in [-0.1, -0.05) is 11.6 Å². The number of carbonyl (C=O) groups is 1. The molecule has 5 nitrogen and oxygen atoms in total. The summed E-state index contributed by atoms with van der Waals surface area (Å²) in [5.41, 5.74) is 3.52. The lowest BCUT2D eigenvalue weighted by Gasteiger charge is -2.31. The van der Waals surface area contributed by atoms with Crippen molar-refractivity contribution in [3.63, 3.8) is 0 Å². The predicted molar refractivity (Wildman–Crippen MR) is 101 cm³/mol. The zero-order valence-electron chi connectivity index (χ0n) is 15.6. The van der Waals surface area contributed by atoms with Gasteiger partial charge in [-0.25, -0.2) is 9.97 Å². The van der Waals surface area contributed by atoms with Gasteiger partial charge in [-0.15, -0.1) is 0 Å². The number of amides is 1. The minimum absolute atomic E-state index is 0.127. The Bertz CT molecular complexity index is 612. The lowest BCUT2D eigenvalue weighted by Crippen LogP contribution is -2.41. The fraction of sp³-hybridized carbons (Fsp3) is 0.650. The third-order valence-electron chi connectivity index (χ3n) is 5.25. The molecule has 0 radical (unpaired) electrons. The Kier molecular flexibility index (Phi) is 6.05. The van der Waals surface area contributed by atoms with Gasteiger partial charge in [-0.2, -0.15) is 0 Å². The second-order valence-electron chi connectivity index (χ2n) is 7.36. The van der Waals surface area contributed by atoms with Crippen LogP contribution in [0.25, 0.3) is 0 Å². The predicted octanol–water partition coefficient (Wildman–Crippen LogP) is 3.32. The van der Waals surface area contributed by atoms with E-state index in [1.807, 2.05) is 19.9 Å². The molecule has 0 bridgehead atoms. The summed E-state index contributed by atoms with van der Waals surface area (Å²) in [6.07, 6.45) is 10.2. The van der Waals surface area contributed by atoms with Crippen LogP contribution in [0.4, 0.5) is 5.95 Å². The summed E-state index contributed by atoms with van der Waals surface area (Å²) in [4.78, 5) is 23.7. The molecular formula is C20H30N4O. The summed E-state index contributed by atoms with van der Waals surface area (Å²) in [5, 5.41) is 3.14. The van der Waals surface area contributed by atoms with Crippen molar-refractivity contribution in [2.45, 2.75) is 58.8 Å². The van der Waals surface area contributed by atoms with E-state index in [0.717, 1.165) is 56.2 Å². The second-order valence-corrected chi connectivity index (χ2v) is 7.36. The van der Waals surface area contributed by atoms with Crippen LogP contribution in [0.5, 0.6) is 0 Å². The van der Waals surface area contributed by atoms with E-state index in [-0.39, 0.29) is 11.8 Å². The van der Waals surface area contributed by atoms with Gasteiger partial charge in [-0.05, 0) is 64.9 Å². The average Bonchev–Trinajstić information content (AvgIpc) is 2.62. The van der Waals surface area contributed by atoms with Gasteiger partial charge < -0.3 is 10.2 Å². The molecule has 2 aliphatic rings. The first-order chi connectivity index (χ1) is 12.1. The van der Waals surface area contributed by atoms with Crippen LogP contribution in [0.2, 0.25) is 0 Å². The van der Waals surface area contributed by atoms with Crippen molar-refractivity contribution < 1.29 is 4.79 Å². The molecule has 136 valence electrons. The maximum Gasteiger partial charge on any atom is 0.225 e. The van der Waals surface area contributed by atoms with E-state index >= 15 is 0 Å². The summed E-state index contributed by atoms with van der Waals surface area (Å²) in [6.45, 7) is 6.49. The molecule has 3 rings (SSSR count). The summed E-state index contributed by atoms with van der Waals surface area (Å²) in [5.74, 6) is 1.15. The van der Waals surface area contributed by atoms with Gasteiger partial charge in [0.2, 0.25) is 11.9 Å². The molecule has 25 heavy (non-hydrogen) atoms. The summed E-state index contributed by atoms with van der Waals surface area (Å²) < 4.78 is 0. The maximum absolute atomic E-state index is 12.4. The molecule has 0 aromatic carbocycles. The van der Waals surface area contributed by atoms with Gasteiger partial charge in [0.05, 0.1) is 0 Å². The van der Waals surface area contributed by atoms with Crippen molar-refractivity contribution in [3.05, 3.63) is 29.1 Å². The monoisotopic (exact) mass is 342 g/mol. The van der Waals surface area contributed by atoms with Crippen LogP contribution in [0.3, 0.4) is 0 Å². The minimum atomic E-state index is 0.127. The van der Waals surface area contributed by atoms with Crippen molar-refractivity contribution in [2.75, 3.05) is 24.5 Å². The smallest absolute Gasteiger partial charge is 0.225 e. The molecule has 0 unspecified atom stereocenters. The van der Waals surface area contributed by atoms with Crippen LogP contribution in [0.15, 0.2) is 17.7 Å². The van der Waals surface area contributed by atoms with Gasteiger partial charge in [0.1, 0.15) is 0 Å². The fourth-order valence-corrected chi connectivity index (χ4v) is 3.81. The lowest BCUT2D eigenvalue weighted by molar-refractivity contribution is -0.125. The number of carbonyl (C=O) groups excluding carboxylic acids is 1. The topological polar surface area (TPSA) is 58.1 Å². The minimum Gasteiger partial charge on any atom is -0.356 e. The average molecular weight is 342 g/mol. The van der Waals surface area contributed by atoms with Crippen LogP contribution in [-0.4, -0.2) is 35.5 Å². The highest BCUT2D eigenvalue weighted by Crippen LogP contribution is 2.22. The fourth-order valence-electron chi connectivity index (χ4n) is 3.81. The number of allylic oxidation sites excluding steroid dienone is 1. The molecule has 1 aliphatic carbocycles. The molecule has 1 aromatic heterocycles. The van der Waals surface area contributed by atoms with Crippen molar-refractivity contribution in [1.29, 1.82) is 0 Å². The number of rotatable bonds is 5. The Labute approximate surface area is 150 Å². The van der Waals surface area contributed by atoms with Crippen molar-refractivity contribution in [3.8, 4) is 0 Å². The first-order valence-electron chi connectivity index (χ1n) is 9.64. The maximum atomic E-state index is 12.4. The Hall–Kier alpha value is -1.91. The van der Waals surface area contributed by atoms with Gasteiger partial charge in [0.25, 0.3) is 0 Å². The zero-order chi connectivity index (χ0) is 17.6. The third kappa shape index (κ3) is 5.03. The zero-order valence-corrected chi connectivity index (χ0v) is 15.6. The van der Waals surface area contributed by atoms with E-state index < -0.39 is 0 Å². The molecule has 5 heteroatoms. The molecule has 1 saturated heterocycles. The van der Waals surface area contributed by atoms with Crippen LogP contribution >= 0.6 is 0 Å². The highest BCUT2D eigenvalue weighted by molar-refractivity contribution is 5.78. The van der Waals surface area contributed by atoms with E-state index in [9.17, 15) is 4.79 Å². The standard InChI is InChI=1S/C20H30N4O/c1-15-14-16(2)23-20(22-15)24-12-9-18(10-13-24)19(25)21-11-8-17-6-4-3-5-7-17/h6,14,18H,3-5,7-13H2,1-2H3,(H,21,25). The largest absolute Gasteiger partial charge is 0.356 e. The van der Waals surface area contributed by atoms with Crippen LogP contribution in [-0.2, 0) is 4.79 Å². The molecule has 0 saturated carbocycles. The summed E-state index contributed by atoms with van der Waals surface area (Å²) >= 11 is 0. The summed E-state index contributed by atoms with van der Waals surface area (Å²) in [7, 11) is 0. The number of anilines is 1. The Morgan fingerprint density at radius 3 is 2.56 bits per heavy atom. The Balaban J connectivity index is 1.43. The normalized spacial score (nSPS) is 18.8. The highest BCUT2D eigenvalue weighted by atomic mass is 16.1. The number of hydrogen-bond acceptors (Lipinski definition) is 4. The molecule has 0 atom stereocenters. The molecule has 0 spiro atoms. The van der Waals surface area contributed by atoms with Gasteiger partial charge in [-0.3, -0.25) is 4.79 Å². The Morgan fingerprint density at radius 1 is 1.20 bits per heavy atom. The quantitative estimate of drug-likeness (QED) is 0.834. The van der Waals surface area contributed by atoms with Crippen molar-refractivity contribution in [2.24, 2.45) is 5.92 Å². The number of aromatic nitrogens is 2. The number of hydrogen-bond donors (Lipinski definition) is 1. The SMILES string of the molecule is Cc1cc(C)nc(N2CCC(C(=O)NCCC3=CCCCC3)CC2)n1. The summed E-state index contributed by atoms with van der Waals surface area (Å²) in [6, 6.07) is 1.99. The van der Waals surface area contributed by atoms with Crippen LogP contribution < -0.4 is 10.2 Å². The second kappa shape index (κ2) is 8.45. The van der Waals surface area contributed by atoms with E-state index in [1.165, 1.54) is 31.3 Å². The van der Waals surface area contributed by atoms with E-state index in [4.69, 9.17) is 0 Å². The molecular weight excluding hydrogens is 312 g/mol. The molecule has 1 amide bonds. The first-order valence-corrected chi connectivity index (χ1v) is 9.64. The number of aryl methyl sites for hydroxylation is 2. The van der Waals surface area contributed by atoms with Crippen molar-refractivity contribution in [1.82, 2.24) is 15.3 Å². The number of nitrogens with zero attached hydrogens (tertiary/aromatic N) is 3. The Morgan fingerprint density at radius 2 is 1.92 bits per heavy atom.